The van der Waals surface area contributed by atoms with Gasteiger partial charge >= 0.3 is 0 Å². The number of rotatable bonds is 3. The number of pyridine rings is 1. The van der Waals surface area contributed by atoms with Crippen LogP contribution in [-0.4, -0.2) is 11.7 Å². The lowest BCUT2D eigenvalue weighted by Gasteiger charge is -1.95. The van der Waals surface area contributed by atoms with E-state index in [0.717, 1.165) is 6.42 Å². The largest absolute Gasteiger partial charge is 0.390 e. The van der Waals surface area contributed by atoms with Crippen molar-refractivity contribution in [1.29, 1.82) is 0 Å². The summed E-state index contributed by atoms with van der Waals surface area (Å²) in [5.41, 5.74) is 1.31. The van der Waals surface area contributed by atoms with Gasteiger partial charge in [0.15, 0.2) is 18.9 Å². The molecule has 11 heavy (non-hydrogen) atoms. The first-order chi connectivity index (χ1) is 5.36. The zero-order valence-corrected chi connectivity index (χ0v) is 6.83. The molecule has 0 saturated carbocycles. The molecule has 0 bridgehead atoms. The molecule has 0 radical (unpaired) electrons. The quantitative estimate of drug-likeness (QED) is 0.628. The molecular formula is C9H14NO+. The van der Waals surface area contributed by atoms with Crippen LogP contribution in [0.3, 0.4) is 0 Å². The summed E-state index contributed by atoms with van der Waals surface area (Å²) in [7, 11) is 0. The fraction of sp³-hybridized carbons (Fsp3) is 0.444. The summed E-state index contributed by atoms with van der Waals surface area (Å²) < 4.78 is 2.00. The molecule has 2 nitrogen and oxygen atoms in total. The van der Waals surface area contributed by atoms with Crippen molar-refractivity contribution in [3.63, 3.8) is 0 Å². The minimum Gasteiger partial charge on any atom is -0.390 e. The number of aliphatic hydroxyl groups is 1. The Morgan fingerprint density at radius 3 is 3.00 bits per heavy atom. The third-order valence-corrected chi connectivity index (χ3v) is 1.69. The zero-order valence-electron chi connectivity index (χ0n) is 6.83. The summed E-state index contributed by atoms with van der Waals surface area (Å²) in [5, 5.41) is 8.66. The molecule has 1 heterocycles. The number of hydrogen-bond acceptors (Lipinski definition) is 1. The van der Waals surface area contributed by atoms with Crippen LogP contribution >= 0.6 is 0 Å². The van der Waals surface area contributed by atoms with Crippen molar-refractivity contribution in [3.8, 4) is 0 Å². The number of nitrogens with zero attached hydrogens (tertiary/aromatic N) is 1. The van der Waals surface area contributed by atoms with E-state index in [1.807, 2.05) is 16.8 Å². The predicted octanol–water partition coefficient (Wildman–Crippen LogP) is 0.529. The van der Waals surface area contributed by atoms with Gasteiger partial charge in [-0.3, -0.25) is 0 Å². The molecule has 1 aromatic rings. The molecule has 0 atom stereocenters. The van der Waals surface area contributed by atoms with Gasteiger partial charge in [-0.05, 0) is 12.5 Å². The van der Waals surface area contributed by atoms with Crippen LogP contribution in [-0.2, 0) is 13.0 Å². The van der Waals surface area contributed by atoms with Gasteiger partial charge in [0.2, 0.25) is 0 Å². The van der Waals surface area contributed by atoms with Gasteiger partial charge in [0, 0.05) is 11.6 Å². The van der Waals surface area contributed by atoms with Gasteiger partial charge in [-0.15, -0.1) is 0 Å². The van der Waals surface area contributed by atoms with E-state index in [-0.39, 0.29) is 6.61 Å². The minimum atomic E-state index is 0.206. The molecule has 60 valence electrons. The standard InChI is InChI=1S/C9H14NO/c1-2-9-4-3-5-10(8-9)6-7-11/h3-5,8,11H,2,6-7H2,1H3/q+1. The third-order valence-electron chi connectivity index (χ3n) is 1.69. The maximum atomic E-state index is 8.66. The van der Waals surface area contributed by atoms with E-state index in [1.54, 1.807) is 0 Å². The van der Waals surface area contributed by atoms with E-state index < -0.39 is 0 Å². The highest BCUT2D eigenvalue weighted by Crippen LogP contribution is 1.93. The Bertz CT molecular complexity index is 223. The molecule has 0 unspecified atom stereocenters. The maximum absolute atomic E-state index is 8.66. The van der Waals surface area contributed by atoms with Crippen LogP contribution < -0.4 is 4.57 Å². The Balaban J connectivity index is 2.74. The summed E-state index contributed by atoms with van der Waals surface area (Å²) in [4.78, 5) is 0. The van der Waals surface area contributed by atoms with Crippen LogP contribution in [0, 0.1) is 0 Å². The fourth-order valence-corrected chi connectivity index (χ4v) is 1.04. The average Bonchev–Trinajstić information content (AvgIpc) is 2.06. The number of hydrogen-bond donors (Lipinski definition) is 1. The van der Waals surface area contributed by atoms with Crippen molar-refractivity contribution in [2.24, 2.45) is 0 Å². The van der Waals surface area contributed by atoms with Gasteiger partial charge in [-0.1, -0.05) is 6.92 Å². The van der Waals surface area contributed by atoms with Crippen molar-refractivity contribution < 1.29 is 9.67 Å². The van der Waals surface area contributed by atoms with Gasteiger partial charge < -0.3 is 5.11 Å². The number of aliphatic hydroxyl groups excluding tert-OH is 1. The molecular weight excluding hydrogens is 138 g/mol. The maximum Gasteiger partial charge on any atom is 0.172 e. The van der Waals surface area contributed by atoms with Crippen LogP contribution in [0.15, 0.2) is 24.5 Å². The third kappa shape index (κ3) is 2.31. The molecule has 0 saturated heterocycles. The van der Waals surface area contributed by atoms with E-state index in [4.69, 9.17) is 5.11 Å². The van der Waals surface area contributed by atoms with Crippen LogP contribution in [0.2, 0.25) is 0 Å². The second kappa shape index (κ2) is 4.09. The van der Waals surface area contributed by atoms with Crippen molar-refractivity contribution >= 4 is 0 Å². The number of aryl methyl sites for hydroxylation is 1. The van der Waals surface area contributed by atoms with Crippen LogP contribution in [0.1, 0.15) is 12.5 Å². The van der Waals surface area contributed by atoms with Crippen molar-refractivity contribution in [2.45, 2.75) is 19.9 Å². The van der Waals surface area contributed by atoms with Gasteiger partial charge in [0.05, 0.1) is 0 Å². The smallest absolute Gasteiger partial charge is 0.172 e. The molecule has 1 N–H and O–H groups in total. The summed E-state index contributed by atoms with van der Waals surface area (Å²) >= 11 is 0. The second-order valence-corrected chi connectivity index (χ2v) is 2.53. The Morgan fingerprint density at radius 1 is 1.55 bits per heavy atom. The van der Waals surface area contributed by atoms with Crippen molar-refractivity contribution in [3.05, 3.63) is 30.1 Å². The first kappa shape index (κ1) is 8.21. The van der Waals surface area contributed by atoms with Crippen LogP contribution in [0.4, 0.5) is 0 Å². The molecule has 1 aromatic heterocycles. The molecule has 2 heteroatoms. The second-order valence-electron chi connectivity index (χ2n) is 2.53. The molecule has 0 fully saturated rings. The summed E-state index contributed by atoms with van der Waals surface area (Å²) in [6.45, 7) is 3.02. The molecule has 1 rings (SSSR count). The monoisotopic (exact) mass is 152 g/mol. The lowest BCUT2D eigenvalue weighted by Crippen LogP contribution is -2.34. The highest BCUT2D eigenvalue weighted by molar-refractivity contribution is 5.04. The summed E-state index contributed by atoms with van der Waals surface area (Å²) in [6.07, 6.45) is 5.08. The van der Waals surface area contributed by atoms with E-state index in [0.29, 0.717) is 6.54 Å². The van der Waals surface area contributed by atoms with E-state index in [1.165, 1.54) is 5.56 Å². The van der Waals surface area contributed by atoms with E-state index in [9.17, 15) is 0 Å². The Kier molecular flexibility index (Phi) is 3.05. The predicted molar refractivity (Wildman–Crippen MR) is 43.1 cm³/mol. The molecule has 0 aliphatic carbocycles. The topological polar surface area (TPSA) is 24.1 Å². The minimum absolute atomic E-state index is 0.206. The highest BCUT2D eigenvalue weighted by Gasteiger charge is 1.98. The molecule has 0 spiro atoms. The number of aromatic nitrogens is 1. The lowest BCUT2D eigenvalue weighted by atomic mass is 10.2. The molecule has 0 aliphatic rings. The normalized spacial score (nSPS) is 10.0. The molecule has 0 aliphatic heterocycles. The fourth-order valence-electron chi connectivity index (χ4n) is 1.04. The molecule has 0 amide bonds. The van der Waals surface area contributed by atoms with Crippen molar-refractivity contribution in [1.82, 2.24) is 0 Å². The summed E-state index contributed by atoms with van der Waals surface area (Å²) in [6, 6.07) is 4.10. The van der Waals surface area contributed by atoms with Gasteiger partial charge in [-0.2, -0.15) is 0 Å². The van der Waals surface area contributed by atoms with Crippen LogP contribution in [0.25, 0.3) is 0 Å². The van der Waals surface area contributed by atoms with Crippen molar-refractivity contribution in [2.75, 3.05) is 6.61 Å². The molecule has 0 aromatic carbocycles. The van der Waals surface area contributed by atoms with Gasteiger partial charge in [0.25, 0.3) is 0 Å². The highest BCUT2D eigenvalue weighted by atomic mass is 16.3. The Hall–Kier alpha value is -0.890. The Morgan fingerprint density at radius 2 is 2.36 bits per heavy atom. The first-order valence-corrected chi connectivity index (χ1v) is 3.95. The van der Waals surface area contributed by atoms with E-state index >= 15 is 0 Å². The zero-order chi connectivity index (χ0) is 8.10. The summed E-state index contributed by atoms with van der Waals surface area (Å²) in [5.74, 6) is 0. The lowest BCUT2D eigenvalue weighted by molar-refractivity contribution is -0.698. The van der Waals surface area contributed by atoms with Gasteiger partial charge in [0.1, 0.15) is 6.61 Å². The van der Waals surface area contributed by atoms with E-state index in [2.05, 4.69) is 19.2 Å². The Labute approximate surface area is 67.1 Å². The first-order valence-electron chi connectivity index (χ1n) is 3.95. The average molecular weight is 152 g/mol. The SMILES string of the molecule is CCc1ccc[n+](CCO)c1. The van der Waals surface area contributed by atoms with Gasteiger partial charge in [-0.25, -0.2) is 4.57 Å². The van der Waals surface area contributed by atoms with Crippen LogP contribution in [0.5, 0.6) is 0 Å².